The number of carbonyl (C=O) groups excluding carboxylic acids is 1. The number of rotatable bonds is 6. The van der Waals surface area contributed by atoms with Gasteiger partial charge in [0.05, 0.1) is 12.8 Å². The first-order valence-electron chi connectivity index (χ1n) is 11.8. The number of anilines is 2. The van der Waals surface area contributed by atoms with E-state index in [1.165, 1.54) is 25.6 Å². The standard InChI is InChI=1S/C26H28FN7O2/c1-36-25-30-11-18(12-31-25)24(29)20-9-17-14-34(26(35)32-23(17)10-22(20)28)19-6-4-8-33(15-19)13-16-5-2-3-7-21(16)27/h2-3,5,7,9-12,19,29H,4,6,8,13-15,28H2,1H3,(H,32,35). The van der Waals surface area contributed by atoms with E-state index < -0.39 is 0 Å². The van der Waals surface area contributed by atoms with Gasteiger partial charge >= 0.3 is 12.0 Å². The highest BCUT2D eigenvalue weighted by molar-refractivity contribution is 6.14. The second-order valence-corrected chi connectivity index (χ2v) is 9.11. The first-order chi connectivity index (χ1) is 17.4. The minimum Gasteiger partial charge on any atom is -0.467 e. The Morgan fingerprint density at radius 1 is 1.28 bits per heavy atom. The van der Waals surface area contributed by atoms with Gasteiger partial charge in [-0.15, -0.1) is 0 Å². The summed E-state index contributed by atoms with van der Waals surface area (Å²) in [6.45, 7) is 2.44. The van der Waals surface area contributed by atoms with Gasteiger partial charge in [0.25, 0.3) is 0 Å². The predicted molar refractivity (Wildman–Crippen MR) is 135 cm³/mol. The van der Waals surface area contributed by atoms with Crippen molar-refractivity contribution in [3.05, 3.63) is 76.9 Å². The van der Waals surface area contributed by atoms with Gasteiger partial charge in [-0.25, -0.2) is 19.2 Å². The molecule has 186 valence electrons. The third-order valence-corrected chi connectivity index (χ3v) is 6.76. The Morgan fingerprint density at radius 3 is 2.81 bits per heavy atom. The van der Waals surface area contributed by atoms with E-state index in [-0.39, 0.29) is 29.6 Å². The number of nitrogens with two attached hydrogens (primary N) is 1. The smallest absolute Gasteiger partial charge is 0.322 e. The molecular weight excluding hydrogens is 461 g/mol. The summed E-state index contributed by atoms with van der Waals surface area (Å²) >= 11 is 0. The number of hydrogen-bond acceptors (Lipinski definition) is 7. The highest BCUT2D eigenvalue weighted by Crippen LogP contribution is 2.32. The number of benzene rings is 2. The van der Waals surface area contributed by atoms with E-state index in [1.54, 1.807) is 18.2 Å². The molecular formula is C26H28FN7O2. The normalized spacial score (nSPS) is 17.9. The van der Waals surface area contributed by atoms with Crippen molar-refractivity contribution in [2.75, 3.05) is 31.2 Å². The minimum absolute atomic E-state index is 0.00545. The predicted octanol–water partition coefficient (Wildman–Crippen LogP) is 3.63. The number of amides is 2. The molecule has 0 bridgehead atoms. The first-order valence-corrected chi connectivity index (χ1v) is 11.8. The number of likely N-dealkylation sites (tertiary alicyclic amines) is 1. The van der Waals surface area contributed by atoms with Crippen LogP contribution in [0.15, 0.2) is 48.8 Å². The molecule has 2 aliphatic rings. The number of nitrogens with one attached hydrogen (secondary N) is 2. The lowest BCUT2D eigenvalue weighted by Crippen LogP contribution is -2.52. The summed E-state index contributed by atoms with van der Waals surface area (Å²) in [5.74, 6) is -0.209. The molecule has 0 radical (unpaired) electrons. The number of urea groups is 1. The Morgan fingerprint density at radius 2 is 2.06 bits per heavy atom. The first kappa shape index (κ1) is 23.7. The summed E-state index contributed by atoms with van der Waals surface area (Å²) < 4.78 is 19.2. The van der Waals surface area contributed by atoms with Gasteiger partial charge in [-0.3, -0.25) is 10.3 Å². The van der Waals surface area contributed by atoms with Gasteiger partial charge < -0.3 is 20.7 Å². The zero-order valence-corrected chi connectivity index (χ0v) is 20.0. The SMILES string of the molecule is COc1ncc(C(=N)c2cc3c(cc2N)NC(=O)N(C2CCCN(Cc4ccccc4F)C2)C3)cn1. The molecule has 3 heterocycles. The summed E-state index contributed by atoms with van der Waals surface area (Å²) in [5, 5.41) is 11.6. The number of carbonyl (C=O) groups is 1. The molecule has 1 atom stereocenters. The molecule has 36 heavy (non-hydrogen) atoms. The molecule has 5 rings (SSSR count). The fourth-order valence-electron chi connectivity index (χ4n) is 4.87. The van der Waals surface area contributed by atoms with E-state index in [0.717, 1.165) is 24.9 Å². The number of methoxy groups -OCH3 is 1. The zero-order chi connectivity index (χ0) is 25.2. The molecule has 0 aliphatic carbocycles. The van der Waals surface area contributed by atoms with Crippen LogP contribution in [0.2, 0.25) is 0 Å². The molecule has 9 nitrogen and oxygen atoms in total. The van der Waals surface area contributed by atoms with Gasteiger partial charge in [0.15, 0.2) is 0 Å². The molecule has 1 saturated heterocycles. The van der Waals surface area contributed by atoms with Crippen molar-refractivity contribution in [3.8, 4) is 6.01 Å². The Hall–Kier alpha value is -4.05. The van der Waals surface area contributed by atoms with Crippen LogP contribution in [-0.2, 0) is 13.1 Å². The zero-order valence-electron chi connectivity index (χ0n) is 20.0. The maximum absolute atomic E-state index is 14.2. The third-order valence-electron chi connectivity index (χ3n) is 6.76. The number of halogens is 1. The molecule has 10 heteroatoms. The molecule has 0 spiro atoms. The van der Waals surface area contributed by atoms with Crippen molar-refractivity contribution >= 4 is 23.1 Å². The van der Waals surface area contributed by atoms with Gasteiger partial charge in [0.2, 0.25) is 0 Å². The van der Waals surface area contributed by atoms with E-state index in [0.29, 0.717) is 47.7 Å². The molecule has 2 amide bonds. The maximum Gasteiger partial charge on any atom is 0.322 e. The van der Waals surface area contributed by atoms with Gasteiger partial charge in [-0.1, -0.05) is 18.2 Å². The van der Waals surface area contributed by atoms with Crippen LogP contribution in [0.25, 0.3) is 0 Å². The number of ether oxygens (including phenoxy) is 1. The van der Waals surface area contributed by atoms with E-state index in [9.17, 15) is 9.18 Å². The Balaban J connectivity index is 1.34. The second-order valence-electron chi connectivity index (χ2n) is 9.11. The average molecular weight is 490 g/mol. The van der Waals surface area contributed by atoms with Crippen LogP contribution < -0.4 is 15.8 Å². The van der Waals surface area contributed by atoms with E-state index in [4.69, 9.17) is 15.9 Å². The van der Waals surface area contributed by atoms with E-state index in [1.807, 2.05) is 17.0 Å². The highest BCUT2D eigenvalue weighted by Gasteiger charge is 2.33. The molecule has 2 aromatic carbocycles. The molecule has 2 aliphatic heterocycles. The van der Waals surface area contributed by atoms with Crippen molar-refractivity contribution in [1.82, 2.24) is 19.8 Å². The van der Waals surface area contributed by atoms with Crippen molar-refractivity contribution in [3.63, 3.8) is 0 Å². The fraction of sp³-hybridized carbons (Fsp3) is 0.308. The van der Waals surface area contributed by atoms with Crippen molar-refractivity contribution in [1.29, 1.82) is 5.41 Å². The summed E-state index contributed by atoms with van der Waals surface area (Å²) in [7, 11) is 1.48. The summed E-state index contributed by atoms with van der Waals surface area (Å²) in [6.07, 6.45) is 4.84. The number of nitrogen functional groups attached to an aromatic ring is 1. The monoisotopic (exact) mass is 489 g/mol. The fourth-order valence-corrected chi connectivity index (χ4v) is 4.87. The highest BCUT2D eigenvalue weighted by atomic mass is 19.1. The lowest BCUT2D eigenvalue weighted by atomic mass is 9.96. The van der Waals surface area contributed by atoms with Crippen LogP contribution >= 0.6 is 0 Å². The van der Waals surface area contributed by atoms with Gasteiger partial charge in [0, 0.05) is 66.1 Å². The van der Waals surface area contributed by atoms with Gasteiger partial charge in [-0.05, 0) is 43.1 Å². The van der Waals surface area contributed by atoms with Crippen LogP contribution in [0.1, 0.15) is 35.1 Å². The molecule has 1 aromatic heterocycles. The summed E-state index contributed by atoms with van der Waals surface area (Å²) in [4.78, 5) is 25.2. The molecule has 4 N–H and O–H groups in total. The molecule has 3 aromatic rings. The molecule has 1 fully saturated rings. The molecule has 0 saturated carbocycles. The number of piperidine rings is 1. The molecule has 1 unspecified atom stereocenters. The van der Waals surface area contributed by atoms with Gasteiger partial charge in [0.1, 0.15) is 5.82 Å². The summed E-state index contributed by atoms with van der Waals surface area (Å²) in [5.41, 5.74) is 10.1. The third kappa shape index (κ3) is 4.72. The van der Waals surface area contributed by atoms with Gasteiger partial charge in [-0.2, -0.15) is 0 Å². The quantitative estimate of drug-likeness (QED) is 0.359. The van der Waals surface area contributed by atoms with Crippen LogP contribution in [0.3, 0.4) is 0 Å². The maximum atomic E-state index is 14.2. The Kier molecular flexibility index (Phi) is 6.51. The number of nitrogens with zero attached hydrogens (tertiary/aromatic N) is 4. The largest absolute Gasteiger partial charge is 0.467 e. The average Bonchev–Trinajstić information content (AvgIpc) is 2.89. The van der Waals surface area contributed by atoms with Crippen LogP contribution in [0.5, 0.6) is 6.01 Å². The van der Waals surface area contributed by atoms with Crippen molar-refractivity contribution < 1.29 is 13.9 Å². The van der Waals surface area contributed by atoms with Crippen LogP contribution in [-0.4, -0.2) is 57.8 Å². The second kappa shape index (κ2) is 9.90. The lowest BCUT2D eigenvalue weighted by molar-refractivity contribution is 0.107. The van der Waals surface area contributed by atoms with Crippen LogP contribution in [0, 0.1) is 11.2 Å². The topological polar surface area (TPSA) is 120 Å². The van der Waals surface area contributed by atoms with E-state index in [2.05, 4.69) is 20.2 Å². The van der Waals surface area contributed by atoms with Crippen molar-refractivity contribution in [2.45, 2.75) is 32.0 Å². The number of hydrogen-bond donors (Lipinski definition) is 3. The van der Waals surface area contributed by atoms with E-state index >= 15 is 0 Å². The number of fused-ring (bicyclic) bond motifs is 1. The summed E-state index contributed by atoms with van der Waals surface area (Å²) in [6, 6.07) is 10.4. The minimum atomic E-state index is -0.209. The van der Waals surface area contributed by atoms with Crippen molar-refractivity contribution in [2.24, 2.45) is 0 Å². The van der Waals surface area contributed by atoms with Crippen LogP contribution in [0.4, 0.5) is 20.6 Å². The number of aromatic nitrogens is 2. The Labute approximate surface area is 208 Å². The Bertz CT molecular complexity index is 1300. The lowest BCUT2D eigenvalue weighted by Gasteiger charge is -2.41.